The second-order valence-electron chi connectivity index (χ2n) is 9.80. The molecule has 0 spiro atoms. The second kappa shape index (κ2) is 12.4. The minimum absolute atomic E-state index is 0.134. The summed E-state index contributed by atoms with van der Waals surface area (Å²) in [5.74, 6) is 0.220. The van der Waals surface area contributed by atoms with Crippen LogP contribution in [0.2, 0.25) is 0 Å². The third-order valence-corrected chi connectivity index (χ3v) is 7.02. The number of piperazine rings is 1. The molecule has 0 bridgehead atoms. The molecule has 1 fully saturated rings. The molecule has 2 atom stereocenters. The lowest BCUT2D eigenvalue weighted by molar-refractivity contribution is -0.135. The van der Waals surface area contributed by atoms with Crippen molar-refractivity contribution < 1.29 is 18.7 Å². The van der Waals surface area contributed by atoms with Crippen molar-refractivity contribution in [3.63, 3.8) is 0 Å². The second-order valence-corrected chi connectivity index (χ2v) is 10.1. The standard InChI is InChI=1S/C30H33ClFN3O3/c1-20(2)26-19-34(16-15-33-26)30(37)29(22-9-11-23(32)12-10-22)35(28(36)18-31)27-14-13-25(17-21(27)3)38-24-7-5-4-6-8-24/h4-14,17,20,26,29,33H,15-16,18-19H2,1-3H3/t26-,29?/m1/s1. The van der Waals surface area contributed by atoms with Gasteiger partial charge in [-0.1, -0.05) is 44.2 Å². The average molecular weight is 538 g/mol. The van der Waals surface area contributed by atoms with Crippen LogP contribution < -0.4 is 15.0 Å². The molecule has 0 radical (unpaired) electrons. The fraction of sp³-hybridized carbons (Fsp3) is 0.333. The Balaban J connectivity index is 1.74. The third-order valence-electron chi connectivity index (χ3n) is 6.79. The maximum Gasteiger partial charge on any atom is 0.250 e. The van der Waals surface area contributed by atoms with Gasteiger partial charge in [0, 0.05) is 31.4 Å². The van der Waals surface area contributed by atoms with Gasteiger partial charge in [0.1, 0.15) is 29.2 Å². The van der Waals surface area contributed by atoms with E-state index in [1.54, 1.807) is 29.2 Å². The number of halogens is 2. The van der Waals surface area contributed by atoms with Crippen LogP contribution in [0, 0.1) is 18.7 Å². The Morgan fingerprint density at radius 2 is 1.79 bits per heavy atom. The zero-order valence-electron chi connectivity index (χ0n) is 21.9. The van der Waals surface area contributed by atoms with Gasteiger partial charge in [-0.05, 0) is 66.4 Å². The van der Waals surface area contributed by atoms with Gasteiger partial charge >= 0.3 is 0 Å². The number of amides is 2. The van der Waals surface area contributed by atoms with E-state index in [2.05, 4.69) is 19.2 Å². The molecule has 3 aromatic rings. The summed E-state index contributed by atoms with van der Waals surface area (Å²) in [5.41, 5.74) is 1.78. The van der Waals surface area contributed by atoms with Crippen LogP contribution >= 0.6 is 11.6 Å². The van der Waals surface area contributed by atoms with E-state index >= 15 is 0 Å². The summed E-state index contributed by atoms with van der Waals surface area (Å²) in [7, 11) is 0. The first kappa shape index (κ1) is 27.6. The summed E-state index contributed by atoms with van der Waals surface area (Å²) in [6.07, 6.45) is 0. The van der Waals surface area contributed by atoms with E-state index in [1.807, 2.05) is 43.3 Å². The highest BCUT2D eigenvalue weighted by Crippen LogP contribution is 2.35. The highest BCUT2D eigenvalue weighted by atomic mass is 35.5. The summed E-state index contributed by atoms with van der Waals surface area (Å²) in [5, 5.41) is 3.46. The molecular weight excluding hydrogens is 505 g/mol. The molecule has 1 heterocycles. The number of rotatable bonds is 8. The van der Waals surface area contributed by atoms with Gasteiger partial charge in [0.15, 0.2) is 0 Å². The topological polar surface area (TPSA) is 61.9 Å². The Morgan fingerprint density at radius 3 is 2.42 bits per heavy atom. The van der Waals surface area contributed by atoms with Gasteiger partial charge in [0.2, 0.25) is 5.91 Å². The van der Waals surface area contributed by atoms with Gasteiger partial charge in [-0.15, -0.1) is 11.6 Å². The third kappa shape index (κ3) is 6.34. The van der Waals surface area contributed by atoms with Crippen LogP contribution in [0.5, 0.6) is 11.5 Å². The number of hydrogen-bond acceptors (Lipinski definition) is 4. The number of carbonyl (C=O) groups is 2. The van der Waals surface area contributed by atoms with E-state index in [9.17, 15) is 14.0 Å². The highest BCUT2D eigenvalue weighted by molar-refractivity contribution is 6.30. The molecule has 1 aliphatic rings. The monoisotopic (exact) mass is 537 g/mol. The van der Waals surface area contributed by atoms with Gasteiger partial charge in [-0.3, -0.25) is 14.5 Å². The maximum absolute atomic E-state index is 14.1. The van der Waals surface area contributed by atoms with Crippen LogP contribution in [0.15, 0.2) is 72.8 Å². The van der Waals surface area contributed by atoms with Gasteiger partial charge in [-0.25, -0.2) is 4.39 Å². The smallest absolute Gasteiger partial charge is 0.250 e. The van der Waals surface area contributed by atoms with Gasteiger partial charge in [0.05, 0.1) is 0 Å². The van der Waals surface area contributed by atoms with Gasteiger partial charge < -0.3 is 15.0 Å². The van der Waals surface area contributed by atoms with Crippen LogP contribution in [0.1, 0.15) is 31.0 Å². The molecule has 8 heteroatoms. The number of benzene rings is 3. The number of alkyl halides is 1. The molecule has 6 nitrogen and oxygen atoms in total. The molecule has 4 rings (SSSR count). The van der Waals surface area contributed by atoms with E-state index in [4.69, 9.17) is 16.3 Å². The Hall–Kier alpha value is -3.42. The predicted molar refractivity (Wildman–Crippen MR) is 148 cm³/mol. The molecule has 200 valence electrons. The van der Waals surface area contributed by atoms with E-state index in [-0.39, 0.29) is 17.8 Å². The lowest BCUT2D eigenvalue weighted by Gasteiger charge is -2.40. The number of ether oxygens (including phenoxy) is 1. The summed E-state index contributed by atoms with van der Waals surface area (Å²) < 4.78 is 19.8. The van der Waals surface area contributed by atoms with Crippen LogP contribution in [0.3, 0.4) is 0 Å². The number of para-hydroxylation sites is 1. The summed E-state index contributed by atoms with van der Waals surface area (Å²) in [4.78, 5) is 30.8. The number of aryl methyl sites for hydroxylation is 1. The first-order chi connectivity index (χ1) is 18.3. The van der Waals surface area contributed by atoms with Gasteiger partial charge in [-0.2, -0.15) is 0 Å². The quantitative estimate of drug-likeness (QED) is 0.375. The predicted octanol–water partition coefficient (Wildman–Crippen LogP) is 5.70. The summed E-state index contributed by atoms with van der Waals surface area (Å²) in [6.45, 7) is 7.74. The van der Waals surface area contributed by atoms with E-state index in [0.29, 0.717) is 48.3 Å². The summed E-state index contributed by atoms with van der Waals surface area (Å²) >= 11 is 6.09. The number of nitrogens with one attached hydrogen (secondary N) is 1. The van der Waals surface area contributed by atoms with Crippen molar-refractivity contribution in [1.82, 2.24) is 10.2 Å². The minimum atomic E-state index is -1.01. The van der Waals surface area contributed by atoms with Crippen molar-refractivity contribution in [3.8, 4) is 11.5 Å². The summed E-state index contributed by atoms with van der Waals surface area (Å²) in [6, 6.07) is 19.6. The molecule has 2 amide bonds. The minimum Gasteiger partial charge on any atom is -0.457 e. The highest BCUT2D eigenvalue weighted by Gasteiger charge is 2.37. The Labute approximate surface area is 228 Å². The van der Waals surface area contributed by atoms with E-state index in [1.165, 1.54) is 17.0 Å². The number of anilines is 1. The normalized spacial score (nSPS) is 16.3. The van der Waals surface area contributed by atoms with E-state index < -0.39 is 17.8 Å². The maximum atomic E-state index is 14.1. The lowest BCUT2D eigenvalue weighted by Crippen LogP contribution is -2.57. The molecule has 1 aliphatic heterocycles. The zero-order valence-corrected chi connectivity index (χ0v) is 22.6. The molecule has 0 saturated carbocycles. The van der Waals surface area contributed by atoms with Crippen molar-refractivity contribution in [2.45, 2.75) is 32.9 Å². The fourth-order valence-corrected chi connectivity index (χ4v) is 4.84. The van der Waals surface area contributed by atoms with Crippen molar-refractivity contribution in [2.24, 2.45) is 5.92 Å². The molecule has 0 aromatic heterocycles. The molecule has 38 heavy (non-hydrogen) atoms. The average Bonchev–Trinajstić information content (AvgIpc) is 2.93. The first-order valence-electron chi connectivity index (χ1n) is 12.8. The SMILES string of the molecule is Cc1cc(Oc2ccccc2)ccc1N(C(=O)CCl)C(C(=O)N1CCN[C@@H](C(C)C)C1)c1ccc(F)cc1. The Bertz CT molecular complexity index is 1250. The van der Waals surface area contributed by atoms with E-state index in [0.717, 1.165) is 5.56 Å². The van der Waals surface area contributed by atoms with Crippen LogP contribution in [0.4, 0.5) is 10.1 Å². The Kier molecular flexibility index (Phi) is 9.02. The molecule has 3 aromatic carbocycles. The van der Waals surface area contributed by atoms with Crippen molar-refractivity contribution in [1.29, 1.82) is 0 Å². The number of nitrogens with zero attached hydrogens (tertiary/aromatic N) is 2. The molecule has 0 aliphatic carbocycles. The molecule has 1 saturated heterocycles. The van der Waals surface area contributed by atoms with Gasteiger partial charge in [0.25, 0.3) is 5.91 Å². The molecule has 1 unspecified atom stereocenters. The lowest BCUT2D eigenvalue weighted by atomic mass is 9.98. The first-order valence-corrected chi connectivity index (χ1v) is 13.3. The largest absolute Gasteiger partial charge is 0.457 e. The van der Waals surface area contributed by atoms with Crippen LogP contribution in [0.25, 0.3) is 0 Å². The zero-order chi connectivity index (χ0) is 27.2. The van der Waals surface area contributed by atoms with Crippen molar-refractivity contribution in [3.05, 3.63) is 89.7 Å². The number of carbonyl (C=O) groups excluding carboxylic acids is 2. The van der Waals surface area contributed by atoms with Crippen LogP contribution in [-0.2, 0) is 9.59 Å². The molecule has 1 N–H and O–H groups in total. The Morgan fingerprint density at radius 1 is 1.08 bits per heavy atom. The van der Waals surface area contributed by atoms with Crippen molar-refractivity contribution >= 4 is 29.1 Å². The molecular formula is C30H33ClFN3O3. The van der Waals surface area contributed by atoms with Crippen LogP contribution in [-0.4, -0.2) is 48.3 Å². The van der Waals surface area contributed by atoms with Crippen molar-refractivity contribution in [2.75, 3.05) is 30.4 Å². The number of hydrogen-bond donors (Lipinski definition) is 1. The fourth-order valence-electron chi connectivity index (χ4n) is 4.71.